The Morgan fingerprint density at radius 1 is 1.48 bits per heavy atom. The molecule has 0 spiro atoms. The quantitative estimate of drug-likeness (QED) is 0.636. The average Bonchev–Trinajstić information content (AvgIpc) is 2.76. The van der Waals surface area contributed by atoms with Crippen LogP contribution in [0.2, 0.25) is 0 Å². The van der Waals surface area contributed by atoms with Gasteiger partial charge in [-0.25, -0.2) is 9.48 Å². The van der Waals surface area contributed by atoms with Crippen molar-refractivity contribution in [1.82, 2.24) is 9.78 Å². The number of aliphatic carboxylic acids is 1. The number of rotatable bonds is 5. The largest absolute Gasteiger partial charge is 0.480 e. The van der Waals surface area contributed by atoms with Gasteiger partial charge in [0.1, 0.15) is 11.2 Å². The van der Waals surface area contributed by atoms with E-state index in [2.05, 4.69) is 10.4 Å². The molecule has 0 amide bonds. The lowest BCUT2D eigenvalue weighted by molar-refractivity contribution is -0.384. The number of aromatic nitrogens is 2. The standard InChI is InChI=1S/C13H20N4O4/c1-3-9-10(17(20)21)11(16(2)15-9)14-13(12(18)19)7-5-4-6-8-13/h14H,3-8H2,1-2H3,(H,18,19). The van der Waals surface area contributed by atoms with Crippen LogP contribution < -0.4 is 5.32 Å². The minimum absolute atomic E-state index is 0.119. The first-order valence-electron chi connectivity index (χ1n) is 7.13. The van der Waals surface area contributed by atoms with E-state index in [0.29, 0.717) is 25.0 Å². The monoisotopic (exact) mass is 296 g/mol. The van der Waals surface area contributed by atoms with E-state index < -0.39 is 16.4 Å². The van der Waals surface area contributed by atoms with Crippen molar-refractivity contribution in [3.05, 3.63) is 15.8 Å². The van der Waals surface area contributed by atoms with Crippen LogP contribution in [-0.2, 0) is 18.3 Å². The number of hydrogen-bond acceptors (Lipinski definition) is 5. The van der Waals surface area contributed by atoms with Crippen molar-refractivity contribution >= 4 is 17.5 Å². The zero-order valence-electron chi connectivity index (χ0n) is 12.3. The van der Waals surface area contributed by atoms with Crippen LogP contribution in [0.25, 0.3) is 0 Å². The summed E-state index contributed by atoms with van der Waals surface area (Å²) in [6, 6.07) is 0. The molecule has 8 nitrogen and oxygen atoms in total. The Labute approximate surface area is 122 Å². The van der Waals surface area contributed by atoms with Gasteiger partial charge in [-0.15, -0.1) is 0 Å². The van der Waals surface area contributed by atoms with E-state index in [1.165, 1.54) is 4.68 Å². The zero-order chi connectivity index (χ0) is 15.6. The molecule has 0 saturated heterocycles. The normalized spacial score (nSPS) is 17.4. The highest BCUT2D eigenvalue weighted by Gasteiger charge is 2.42. The van der Waals surface area contributed by atoms with Gasteiger partial charge in [0.2, 0.25) is 5.82 Å². The van der Waals surface area contributed by atoms with Gasteiger partial charge in [0, 0.05) is 7.05 Å². The van der Waals surface area contributed by atoms with Crippen molar-refractivity contribution in [3.63, 3.8) is 0 Å². The van der Waals surface area contributed by atoms with Crippen molar-refractivity contribution < 1.29 is 14.8 Å². The first-order chi connectivity index (χ1) is 9.91. The summed E-state index contributed by atoms with van der Waals surface area (Å²) < 4.78 is 1.37. The maximum Gasteiger partial charge on any atom is 0.334 e. The average molecular weight is 296 g/mol. The molecular weight excluding hydrogens is 276 g/mol. The van der Waals surface area contributed by atoms with E-state index in [9.17, 15) is 20.0 Å². The number of nitro groups is 1. The molecule has 0 aliphatic heterocycles. The number of carbonyl (C=O) groups is 1. The number of anilines is 1. The van der Waals surface area contributed by atoms with Crippen LogP contribution in [0.15, 0.2) is 0 Å². The highest BCUT2D eigenvalue weighted by Crippen LogP contribution is 2.36. The molecule has 1 aromatic rings. The summed E-state index contributed by atoms with van der Waals surface area (Å²) in [4.78, 5) is 22.5. The molecule has 0 atom stereocenters. The fourth-order valence-corrected chi connectivity index (χ4v) is 2.91. The highest BCUT2D eigenvalue weighted by atomic mass is 16.6. The molecule has 0 unspecified atom stereocenters. The molecule has 1 aliphatic rings. The van der Waals surface area contributed by atoms with Gasteiger partial charge in [-0.3, -0.25) is 10.1 Å². The Bertz CT molecular complexity index is 561. The smallest absolute Gasteiger partial charge is 0.334 e. The Morgan fingerprint density at radius 2 is 2.10 bits per heavy atom. The second kappa shape index (κ2) is 5.71. The zero-order valence-corrected chi connectivity index (χ0v) is 12.3. The van der Waals surface area contributed by atoms with Gasteiger partial charge >= 0.3 is 11.7 Å². The Balaban J connectivity index is 2.44. The first kappa shape index (κ1) is 15.3. The molecule has 0 bridgehead atoms. The molecule has 1 saturated carbocycles. The van der Waals surface area contributed by atoms with Gasteiger partial charge in [-0.1, -0.05) is 26.2 Å². The lowest BCUT2D eigenvalue weighted by Crippen LogP contribution is -2.48. The fraction of sp³-hybridized carbons (Fsp3) is 0.692. The molecule has 1 aliphatic carbocycles. The third kappa shape index (κ3) is 2.70. The van der Waals surface area contributed by atoms with E-state index in [-0.39, 0.29) is 11.5 Å². The third-order valence-electron chi connectivity index (χ3n) is 4.08. The third-order valence-corrected chi connectivity index (χ3v) is 4.08. The van der Waals surface area contributed by atoms with Gasteiger partial charge in [-0.2, -0.15) is 5.10 Å². The summed E-state index contributed by atoms with van der Waals surface area (Å²) in [6.45, 7) is 1.78. The number of nitrogens with one attached hydrogen (secondary N) is 1. The number of aryl methyl sites for hydroxylation is 2. The Kier molecular flexibility index (Phi) is 4.15. The number of carboxylic acid groups (broad SMARTS) is 1. The van der Waals surface area contributed by atoms with E-state index in [1.807, 2.05) is 0 Å². The van der Waals surface area contributed by atoms with Crippen LogP contribution in [0, 0.1) is 10.1 Å². The van der Waals surface area contributed by atoms with Crippen LogP contribution in [0.1, 0.15) is 44.7 Å². The summed E-state index contributed by atoms with van der Waals surface area (Å²) in [7, 11) is 1.59. The molecule has 116 valence electrons. The Morgan fingerprint density at radius 3 is 2.57 bits per heavy atom. The van der Waals surface area contributed by atoms with Crippen LogP contribution >= 0.6 is 0 Å². The molecule has 0 radical (unpaired) electrons. The van der Waals surface area contributed by atoms with Gasteiger partial charge in [-0.05, 0) is 19.3 Å². The van der Waals surface area contributed by atoms with Crippen molar-refractivity contribution in [1.29, 1.82) is 0 Å². The first-order valence-corrected chi connectivity index (χ1v) is 7.13. The molecule has 1 aromatic heterocycles. The number of carboxylic acids is 1. The molecular formula is C13H20N4O4. The Hall–Kier alpha value is -2.12. The predicted octanol–water partition coefficient (Wildman–Crippen LogP) is 2.09. The van der Waals surface area contributed by atoms with Crippen LogP contribution in [0.5, 0.6) is 0 Å². The van der Waals surface area contributed by atoms with Crippen molar-refractivity contribution in [2.24, 2.45) is 7.05 Å². The molecule has 1 fully saturated rings. The second-order valence-corrected chi connectivity index (χ2v) is 5.45. The molecule has 21 heavy (non-hydrogen) atoms. The fourth-order valence-electron chi connectivity index (χ4n) is 2.91. The minimum atomic E-state index is -1.14. The lowest BCUT2D eigenvalue weighted by Gasteiger charge is -2.34. The lowest BCUT2D eigenvalue weighted by atomic mass is 9.81. The number of nitrogens with zero attached hydrogens (tertiary/aromatic N) is 3. The van der Waals surface area contributed by atoms with E-state index >= 15 is 0 Å². The summed E-state index contributed by atoms with van der Waals surface area (Å²) in [5.74, 6) is -0.781. The summed E-state index contributed by atoms with van der Waals surface area (Å²) >= 11 is 0. The molecule has 2 rings (SSSR count). The minimum Gasteiger partial charge on any atom is -0.480 e. The van der Waals surface area contributed by atoms with Crippen molar-refractivity contribution in [2.75, 3.05) is 5.32 Å². The molecule has 8 heteroatoms. The number of hydrogen-bond donors (Lipinski definition) is 2. The topological polar surface area (TPSA) is 110 Å². The summed E-state index contributed by atoms with van der Waals surface area (Å²) in [5.41, 5.74) is -0.894. The molecule has 2 N–H and O–H groups in total. The van der Waals surface area contributed by atoms with Gasteiger partial charge in [0.25, 0.3) is 0 Å². The van der Waals surface area contributed by atoms with Crippen LogP contribution in [-0.4, -0.2) is 31.3 Å². The van der Waals surface area contributed by atoms with E-state index in [0.717, 1.165) is 19.3 Å². The molecule has 0 aromatic carbocycles. The van der Waals surface area contributed by atoms with Gasteiger partial charge in [0.15, 0.2) is 0 Å². The summed E-state index contributed by atoms with van der Waals surface area (Å²) in [6.07, 6.45) is 3.94. The molecule has 1 heterocycles. The maximum absolute atomic E-state index is 11.7. The summed E-state index contributed by atoms with van der Waals surface area (Å²) in [5, 5.41) is 27.9. The van der Waals surface area contributed by atoms with E-state index in [4.69, 9.17) is 0 Å². The van der Waals surface area contributed by atoms with Gasteiger partial charge < -0.3 is 10.4 Å². The maximum atomic E-state index is 11.7. The van der Waals surface area contributed by atoms with E-state index in [1.54, 1.807) is 14.0 Å². The predicted molar refractivity (Wildman–Crippen MR) is 76.3 cm³/mol. The van der Waals surface area contributed by atoms with Crippen molar-refractivity contribution in [2.45, 2.75) is 51.0 Å². The van der Waals surface area contributed by atoms with Crippen LogP contribution in [0.3, 0.4) is 0 Å². The van der Waals surface area contributed by atoms with Crippen LogP contribution in [0.4, 0.5) is 11.5 Å². The second-order valence-electron chi connectivity index (χ2n) is 5.45. The SMILES string of the molecule is CCc1nn(C)c(NC2(C(=O)O)CCCCC2)c1[N+](=O)[O-]. The van der Waals surface area contributed by atoms with Crippen molar-refractivity contribution in [3.8, 4) is 0 Å². The highest BCUT2D eigenvalue weighted by molar-refractivity contribution is 5.83. The van der Waals surface area contributed by atoms with Gasteiger partial charge in [0.05, 0.1) is 4.92 Å².